The number of rotatable bonds is 5. The maximum Gasteiger partial charge on any atom is 0.228 e. The highest BCUT2D eigenvalue weighted by Gasteiger charge is 2.06. The predicted octanol–water partition coefficient (Wildman–Crippen LogP) is 2.02. The van der Waals surface area contributed by atoms with Gasteiger partial charge < -0.3 is 10.1 Å². The van der Waals surface area contributed by atoms with E-state index in [1.54, 1.807) is 0 Å². The van der Waals surface area contributed by atoms with Gasteiger partial charge in [-0.05, 0) is 37.0 Å². The lowest BCUT2D eigenvalue weighted by Gasteiger charge is -2.13. The van der Waals surface area contributed by atoms with Crippen molar-refractivity contribution in [1.29, 1.82) is 0 Å². The fraction of sp³-hybridized carbons (Fsp3) is 0.625. The predicted molar refractivity (Wildman–Crippen MR) is 59.4 cm³/mol. The van der Waals surface area contributed by atoms with Crippen LogP contribution in [0.4, 0.5) is 5.95 Å². The maximum absolute atomic E-state index is 5.62. The Hall–Kier alpha value is -0.650. The first kappa shape index (κ1) is 12.4. The van der Waals surface area contributed by atoms with Crippen molar-refractivity contribution < 1.29 is 4.74 Å². The molecule has 0 saturated carbocycles. The quantitative estimate of drug-likeness (QED) is 0.867. The highest BCUT2D eigenvalue weighted by atomic mass is 35.5. The Labute approximate surface area is 98.2 Å². The Morgan fingerprint density at radius 2 is 1.87 bits per heavy atom. The molecule has 1 aromatic heterocycles. The number of halogens is 2. The number of ether oxygens (including phenoxy) is 1. The van der Waals surface area contributed by atoms with Gasteiger partial charge in [-0.15, -0.1) is 0 Å². The molecule has 1 unspecified atom stereocenters. The molecule has 0 saturated heterocycles. The molecule has 1 aromatic rings. The minimum atomic E-state index is 0.0705. The molecular formula is C8H12Cl2N4O. The second-order valence-corrected chi connectivity index (χ2v) is 3.58. The van der Waals surface area contributed by atoms with Crippen molar-refractivity contribution in [3.63, 3.8) is 0 Å². The second-order valence-electron chi connectivity index (χ2n) is 2.90. The van der Waals surface area contributed by atoms with Gasteiger partial charge in [-0.1, -0.05) is 0 Å². The first-order valence-corrected chi connectivity index (χ1v) is 5.28. The molecule has 1 heterocycles. The summed E-state index contributed by atoms with van der Waals surface area (Å²) in [5.74, 6) is 0.354. The van der Waals surface area contributed by atoms with Gasteiger partial charge in [0.05, 0.1) is 6.61 Å². The first-order chi connectivity index (χ1) is 7.11. The van der Waals surface area contributed by atoms with Crippen molar-refractivity contribution in [2.75, 3.05) is 18.5 Å². The average Bonchev–Trinajstić information content (AvgIpc) is 2.13. The Morgan fingerprint density at radius 3 is 2.40 bits per heavy atom. The largest absolute Gasteiger partial charge is 0.380 e. The molecule has 0 amide bonds. The van der Waals surface area contributed by atoms with Crippen molar-refractivity contribution in [3.8, 4) is 0 Å². The van der Waals surface area contributed by atoms with Gasteiger partial charge in [0.1, 0.15) is 0 Å². The molecule has 0 aliphatic rings. The molecule has 1 atom stereocenters. The van der Waals surface area contributed by atoms with Crippen molar-refractivity contribution in [2.24, 2.45) is 0 Å². The topological polar surface area (TPSA) is 59.9 Å². The number of anilines is 1. The van der Waals surface area contributed by atoms with Gasteiger partial charge in [0.15, 0.2) is 0 Å². The number of nitrogens with one attached hydrogen (secondary N) is 1. The van der Waals surface area contributed by atoms with E-state index in [2.05, 4.69) is 20.3 Å². The first-order valence-electron chi connectivity index (χ1n) is 4.53. The summed E-state index contributed by atoms with van der Waals surface area (Å²) in [5, 5.41) is 3.14. The summed E-state index contributed by atoms with van der Waals surface area (Å²) >= 11 is 11.2. The van der Waals surface area contributed by atoms with Gasteiger partial charge in [0.25, 0.3) is 0 Å². The summed E-state index contributed by atoms with van der Waals surface area (Å²) in [6.07, 6.45) is 0. The third kappa shape index (κ3) is 4.59. The SMILES string of the molecule is CCOCC(C)Nc1nc(Cl)nc(Cl)n1. The van der Waals surface area contributed by atoms with Crippen LogP contribution in [0.15, 0.2) is 0 Å². The lowest BCUT2D eigenvalue weighted by Crippen LogP contribution is -2.23. The van der Waals surface area contributed by atoms with Crippen LogP contribution in [0.1, 0.15) is 13.8 Å². The average molecular weight is 251 g/mol. The van der Waals surface area contributed by atoms with Crippen LogP contribution in [0.3, 0.4) is 0 Å². The molecule has 0 aliphatic carbocycles. The van der Waals surface area contributed by atoms with Crippen LogP contribution in [0, 0.1) is 0 Å². The minimum Gasteiger partial charge on any atom is -0.380 e. The summed E-state index contributed by atoms with van der Waals surface area (Å²) in [7, 11) is 0. The lowest BCUT2D eigenvalue weighted by molar-refractivity contribution is 0.141. The third-order valence-electron chi connectivity index (χ3n) is 1.53. The van der Waals surface area contributed by atoms with Crippen LogP contribution in [0.25, 0.3) is 0 Å². The van der Waals surface area contributed by atoms with Crippen molar-refractivity contribution in [2.45, 2.75) is 19.9 Å². The van der Waals surface area contributed by atoms with Crippen LogP contribution < -0.4 is 5.32 Å². The van der Waals surface area contributed by atoms with Crippen LogP contribution in [0.5, 0.6) is 0 Å². The Balaban J connectivity index is 2.56. The van der Waals surface area contributed by atoms with E-state index in [4.69, 9.17) is 27.9 Å². The normalized spacial score (nSPS) is 12.5. The molecule has 1 rings (SSSR count). The summed E-state index contributed by atoms with van der Waals surface area (Å²) < 4.78 is 5.23. The van der Waals surface area contributed by atoms with Crippen LogP contribution in [0.2, 0.25) is 10.6 Å². The number of hydrogen-bond donors (Lipinski definition) is 1. The fourth-order valence-corrected chi connectivity index (χ4v) is 1.31. The standard InChI is InChI=1S/C8H12Cl2N4O/c1-3-15-4-5(2)11-8-13-6(9)12-7(10)14-8/h5H,3-4H2,1-2H3,(H,11,12,13,14). The number of nitrogens with zero attached hydrogens (tertiary/aromatic N) is 3. The summed E-state index contributed by atoms with van der Waals surface area (Å²) in [4.78, 5) is 11.4. The zero-order valence-corrected chi connectivity index (χ0v) is 10.0. The van der Waals surface area contributed by atoms with E-state index in [9.17, 15) is 0 Å². The van der Waals surface area contributed by atoms with E-state index in [0.717, 1.165) is 0 Å². The molecule has 0 fully saturated rings. The third-order valence-corrected chi connectivity index (χ3v) is 1.87. The molecule has 84 valence electrons. The van der Waals surface area contributed by atoms with Crippen LogP contribution in [-0.2, 0) is 4.74 Å². The molecule has 0 aliphatic heterocycles. The summed E-state index contributed by atoms with van der Waals surface area (Å²) in [6, 6.07) is 0.0829. The molecule has 7 heteroatoms. The van der Waals surface area contributed by atoms with E-state index in [-0.39, 0.29) is 16.6 Å². The molecule has 1 N–H and O–H groups in total. The van der Waals surface area contributed by atoms with E-state index in [1.807, 2.05) is 13.8 Å². The molecule has 0 spiro atoms. The Morgan fingerprint density at radius 1 is 1.27 bits per heavy atom. The van der Waals surface area contributed by atoms with E-state index >= 15 is 0 Å². The molecular weight excluding hydrogens is 239 g/mol. The number of aromatic nitrogens is 3. The zero-order valence-electron chi connectivity index (χ0n) is 8.50. The summed E-state index contributed by atoms with van der Waals surface area (Å²) in [6.45, 7) is 5.12. The second kappa shape index (κ2) is 6.05. The van der Waals surface area contributed by atoms with Gasteiger partial charge >= 0.3 is 0 Å². The van der Waals surface area contributed by atoms with Gasteiger partial charge in [0, 0.05) is 12.6 Å². The fourth-order valence-electron chi connectivity index (χ4n) is 0.947. The lowest BCUT2D eigenvalue weighted by atomic mass is 10.4. The zero-order chi connectivity index (χ0) is 11.3. The number of hydrogen-bond acceptors (Lipinski definition) is 5. The maximum atomic E-state index is 5.62. The molecule has 0 aromatic carbocycles. The Kier molecular flexibility index (Phi) is 5.01. The van der Waals surface area contributed by atoms with Crippen molar-refractivity contribution in [3.05, 3.63) is 10.6 Å². The highest BCUT2D eigenvalue weighted by molar-refractivity contribution is 6.31. The van der Waals surface area contributed by atoms with Gasteiger partial charge in [0.2, 0.25) is 16.5 Å². The van der Waals surface area contributed by atoms with Crippen LogP contribution in [-0.4, -0.2) is 34.2 Å². The van der Waals surface area contributed by atoms with Gasteiger partial charge in [-0.25, -0.2) is 0 Å². The van der Waals surface area contributed by atoms with E-state index < -0.39 is 0 Å². The molecule has 0 radical (unpaired) electrons. The minimum absolute atomic E-state index is 0.0705. The van der Waals surface area contributed by atoms with Gasteiger partial charge in [-0.3, -0.25) is 0 Å². The van der Waals surface area contributed by atoms with E-state index in [1.165, 1.54) is 0 Å². The molecule has 15 heavy (non-hydrogen) atoms. The van der Waals surface area contributed by atoms with Crippen molar-refractivity contribution in [1.82, 2.24) is 15.0 Å². The molecule has 5 nitrogen and oxygen atoms in total. The summed E-state index contributed by atoms with van der Waals surface area (Å²) in [5.41, 5.74) is 0. The van der Waals surface area contributed by atoms with Gasteiger partial charge in [-0.2, -0.15) is 15.0 Å². The van der Waals surface area contributed by atoms with E-state index in [0.29, 0.717) is 19.2 Å². The smallest absolute Gasteiger partial charge is 0.228 e. The van der Waals surface area contributed by atoms with Crippen LogP contribution >= 0.6 is 23.2 Å². The molecule has 0 bridgehead atoms. The highest BCUT2D eigenvalue weighted by Crippen LogP contribution is 2.10. The Bertz CT molecular complexity index is 303. The van der Waals surface area contributed by atoms with Crippen molar-refractivity contribution >= 4 is 29.2 Å². The monoisotopic (exact) mass is 250 g/mol.